The lowest BCUT2D eigenvalue weighted by Gasteiger charge is -2.22. The number of nitrogens with one attached hydrogen (secondary N) is 3. The summed E-state index contributed by atoms with van der Waals surface area (Å²) < 4.78 is 4.59. The average Bonchev–Trinajstić information content (AvgIpc) is 2.78. The number of fused-ring (bicyclic) bond motifs is 1. The summed E-state index contributed by atoms with van der Waals surface area (Å²) in [4.78, 5) is 24.2. The van der Waals surface area contributed by atoms with Crippen molar-refractivity contribution < 1.29 is 19.4 Å². The van der Waals surface area contributed by atoms with Crippen molar-refractivity contribution in [3.8, 4) is 5.75 Å². The van der Waals surface area contributed by atoms with Gasteiger partial charge in [0.05, 0.1) is 13.2 Å². The van der Waals surface area contributed by atoms with Gasteiger partial charge in [-0.25, -0.2) is 4.79 Å². The molecule has 134 valence electrons. The van der Waals surface area contributed by atoms with E-state index >= 15 is 0 Å². The number of hydrogen-bond donors (Lipinski definition) is 4. The molecule has 26 heavy (non-hydrogen) atoms. The molecule has 0 saturated carbocycles. The van der Waals surface area contributed by atoms with Gasteiger partial charge in [-0.15, -0.1) is 0 Å². The zero-order valence-corrected chi connectivity index (χ0v) is 14.4. The molecule has 0 saturated heterocycles. The van der Waals surface area contributed by atoms with Gasteiger partial charge in [-0.05, 0) is 19.1 Å². The fourth-order valence-corrected chi connectivity index (χ4v) is 2.86. The molecule has 2 amide bonds. The van der Waals surface area contributed by atoms with E-state index in [0.717, 1.165) is 5.56 Å². The van der Waals surface area contributed by atoms with Gasteiger partial charge in [-0.1, -0.05) is 36.4 Å². The third-order valence-electron chi connectivity index (χ3n) is 4.13. The van der Waals surface area contributed by atoms with Crippen LogP contribution in [0.5, 0.6) is 5.75 Å². The first kappa shape index (κ1) is 17.3. The third kappa shape index (κ3) is 3.32. The highest BCUT2D eigenvalue weighted by Crippen LogP contribution is 2.35. The molecule has 4 N–H and O–H groups in total. The van der Waals surface area contributed by atoms with Gasteiger partial charge in [0, 0.05) is 22.5 Å². The standard InChI is InChI=1S/C19H19N3O4/c1-11(20-19(25)26-2)16-18(24)21-14-9-5-3-7-12(14)17(22-16)13-8-4-6-10-15(13)23/h3-10,17,22-23H,1-2H3,(H,20,25)(H,21,24)/b16-11+. The largest absolute Gasteiger partial charge is 0.508 e. The van der Waals surface area contributed by atoms with Crippen LogP contribution in [0.1, 0.15) is 24.1 Å². The third-order valence-corrected chi connectivity index (χ3v) is 4.13. The molecule has 0 radical (unpaired) electrons. The summed E-state index contributed by atoms with van der Waals surface area (Å²) in [6.07, 6.45) is -0.675. The Bertz CT molecular complexity index is 892. The summed E-state index contributed by atoms with van der Waals surface area (Å²) in [5, 5.41) is 18.8. The second kappa shape index (κ2) is 7.18. The van der Waals surface area contributed by atoms with Crippen molar-refractivity contribution in [2.75, 3.05) is 12.4 Å². The summed E-state index contributed by atoms with van der Waals surface area (Å²) in [7, 11) is 1.24. The normalized spacial score (nSPS) is 17.9. The molecule has 1 unspecified atom stereocenters. The smallest absolute Gasteiger partial charge is 0.411 e. The molecule has 7 heteroatoms. The first-order valence-corrected chi connectivity index (χ1v) is 8.01. The van der Waals surface area contributed by atoms with Crippen molar-refractivity contribution in [3.05, 3.63) is 71.1 Å². The predicted molar refractivity (Wildman–Crippen MR) is 96.4 cm³/mol. The number of carbonyl (C=O) groups is 2. The molecular formula is C19H19N3O4. The molecule has 0 bridgehead atoms. The minimum absolute atomic E-state index is 0.104. The first-order valence-electron chi connectivity index (χ1n) is 8.01. The van der Waals surface area contributed by atoms with Gasteiger partial charge < -0.3 is 20.5 Å². The van der Waals surface area contributed by atoms with Gasteiger partial charge >= 0.3 is 6.09 Å². The van der Waals surface area contributed by atoms with E-state index in [-0.39, 0.29) is 11.4 Å². The number of anilines is 1. The number of methoxy groups -OCH3 is 1. The summed E-state index contributed by atoms with van der Waals surface area (Å²) in [6, 6.07) is 13.7. The maximum absolute atomic E-state index is 12.7. The van der Waals surface area contributed by atoms with Crippen LogP contribution in [0, 0.1) is 0 Å². The van der Waals surface area contributed by atoms with Crippen LogP contribution in [-0.2, 0) is 9.53 Å². The Kier molecular flexibility index (Phi) is 4.79. The Morgan fingerprint density at radius 3 is 2.46 bits per heavy atom. The maximum atomic E-state index is 12.7. The highest BCUT2D eigenvalue weighted by atomic mass is 16.5. The minimum atomic E-state index is -0.675. The molecule has 7 nitrogen and oxygen atoms in total. The van der Waals surface area contributed by atoms with Crippen LogP contribution in [0.25, 0.3) is 0 Å². The molecule has 2 aromatic rings. The minimum Gasteiger partial charge on any atom is -0.508 e. The zero-order chi connectivity index (χ0) is 18.7. The summed E-state index contributed by atoms with van der Waals surface area (Å²) in [5.41, 5.74) is 2.52. The van der Waals surface area contributed by atoms with E-state index < -0.39 is 18.0 Å². The monoisotopic (exact) mass is 353 g/mol. The molecular weight excluding hydrogens is 334 g/mol. The fourth-order valence-electron chi connectivity index (χ4n) is 2.86. The number of alkyl carbamates (subject to hydrolysis) is 1. The number of benzene rings is 2. The number of hydrogen-bond acceptors (Lipinski definition) is 5. The Balaban J connectivity index is 2.12. The van der Waals surface area contributed by atoms with Crippen LogP contribution in [-0.4, -0.2) is 24.2 Å². The van der Waals surface area contributed by atoms with E-state index in [9.17, 15) is 14.7 Å². The molecule has 1 atom stereocenters. The van der Waals surface area contributed by atoms with Gasteiger partial charge in [0.2, 0.25) is 0 Å². The van der Waals surface area contributed by atoms with E-state index in [1.165, 1.54) is 7.11 Å². The Hall–Kier alpha value is -3.48. The number of phenolic OH excluding ortho intramolecular Hbond substituents is 1. The highest BCUT2D eigenvalue weighted by Gasteiger charge is 2.29. The van der Waals surface area contributed by atoms with Crippen molar-refractivity contribution in [2.24, 2.45) is 0 Å². The molecule has 1 aliphatic heterocycles. The highest BCUT2D eigenvalue weighted by molar-refractivity contribution is 6.05. The van der Waals surface area contributed by atoms with Crippen molar-refractivity contribution in [1.29, 1.82) is 0 Å². The van der Waals surface area contributed by atoms with Crippen LogP contribution < -0.4 is 16.0 Å². The molecule has 2 aromatic carbocycles. The average molecular weight is 353 g/mol. The molecule has 0 spiro atoms. The van der Waals surface area contributed by atoms with Crippen molar-refractivity contribution in [3.63, 3.8) is 0 Å². The predicted octanol–water partition coefficient (Wildman–Crippen LogP) is 2.61. The maximum Gasteiger partial charge on any atom is 0.411 e. The Morgan fingerprint density at radius 2 is 1.77 bits per heavy atom. The van der Waals surface area contributed by atoms with Crippen LogP contribution in [0.15, 0.2) is 59.9 Å². The second-order valence-electron chi connectivity index (χ2n) is 5.79. The summed E-state index contributed by atoms with van der Waals surface area (Å²) in [5.74, 6) is -0.295. The fraction of sp³-hybridized carbons (Fsp3) is 0.158. The summed E-state index contributed by atoms with van der Waals surface area (Å²) >= 11 is 0. The van der Waals surface area contributed by atoms with E-state index in [0.29, 0.717) is 16.9 Å². The topological polar surface area (TPSA) is 99.7 Å². The van der Waals surface area contributed by atoms with Crippen molar-refractivity contribution >= 4 is 17.7 Å². The van der Waals surface area contributed by atoms with E-state index in [1.807, 2.05) is 24.3 Å². The molecule has 0 aromatic heterocycles. The lowest BCUT2D eigenvalue weighted by molar-refractivity contribution is -0.113. The van der Waals surface area contributed by atoms with E-state index in [2.05, 4.69) is 20.7 Å². The zero-order valence-electron chi connectivity index (χ0n) is 14.4. The van der Waals surface area contributed by atoms with Gasteiger partial charge in [-0.2, -0.15) is 0 Å². The van der Waals surface area contributed by atoms with Gasteiger partial charge in [0.25, 0.3) is 5.91 Å². The lowest BCUT2D eigenvalue weighted by Crippen LogP contribution is -2.32. The number of rotatable bonds is 2. The van der Waals surface area contributed by atoms with Crippen molar-refractivity contribution in [1.82, 2.24) is 10.6 Å². The number of phenols is 1. The number of amides is 2. The van der Waals surface area contributed by atoms with Gasteiger partial charge in [-0.3, -0.25) is 10.1 Å². The van der Waals surface area contributed by atoms with E-state index in [1.54, 1.807) is 31.2 Å². The lowest BCUT2D eigenvalue weighted by atomic mass is 9.96. The quantitative estimate of drug-likeness (QED) is 0.622. The number of carbonyl (C=O) groups excluding carboxylic acids is 2. The number of para-hydroxylation sites is 2. The Labute approximate surface area is 150 Å². The second-order valence-corrected chi connectivity index (χ2v) is 5.79. The Morgan fingerprint density at radius 1 is 1.12 bits per heavy atom. The molecule has 0 aliphatic carbocycles. The number of allylic oxidation sites excluding steroid dienone is 1. The molecule has 1 aliphatic rings. The van der Waals surface area contributed by atoms with Gasteiger partial charge in [0.15, 0.2) is 0 Å². The van der Waals surface area contributed by atoms with Crippen LogP contribution >= 0.6 is 0 Å². The summed E-state index contributed by atoms with van der Waals surface area (Å²) in [6.45, 7) is 1.59. The molecule has 0 fully saturated rings. The van der Waals surface area contributed by atoms with Gasteiger partial charge in [0.1, 0.15) is 11.4 Å². The molecule has 3 rings (SSSR count). The first-order chi connectivity index (χ1) is 12.5. The van der Waals surface area contributed by atoms with Crippen LogP contribution in [0.3, 0.4) is 0 Å². The van der Waals surface area contributed by atoms with Crippen molar-refractivity contribution in [2.45, 2.75) is 13.0 Å². The van der Waals surface area contributed by atoms with Crippen LogP contribution in [0.2, 0.25) is 0 Å². The number of ether oxygens (including phenoxy) is 1. The van der Waals surface area contributed by atoms with E-state index in [4.69, 9.17) is 0 Å². The molecule has 1 heterocycles. The number of aromatic hydroxyl groups is 1. The van der Waals surface area contributed by atoms with Crippen LogP contribution in [0.4, 0.5) is 10.5 Å². The SMILES string of the molecule is COC(=O)N/C(C)=C1/NC(c2ccccc2O)c2ccccc2NC1=O.